The molecule has 3 aromatic rings. The lowest BCUT2D eigenvalue weighted by Crippen LogP contribution is -2.52. The number of carbonyl (C=O) groups excluding carboxylic acids is 2. The Morgan fingerprint density at radius 3 is 2.42 bits per heavy atom. The van der Waals surface area contributed by atoms with Crippen LogP contribution in [0.4, 0.5) is 17.3 Å². The summed E-state index contributed by atoms with van der Waals surface area (Å²) in [7, 11) is 1.79. The first-order valence-electron chi connectivity index (χ1n) is 11.0. The van der Waals surface area contributed by atoms with Gasteiger partial charge < -0.3 is 9.80 Å². The number of nitrogens with zero attached hydrogens (tertiary/aromatic N) is 5. The molecule has 2 unspecified atom stereocenters. The van der Waals surface area contributed by atoms with Crippen molar-refractivity contribution in [3.63, 3.8) is 0 Å². The maximum atomic E-state index is 13.5. The number of rotatable bonds is 3. The molecule has 2 amide bonds. The van der Waals surface area contributed by atoms with E-state index in [1.54, 1.807) is 29.2 Å². The second-order valence-electron chi connectivity index (χ2n) is 8.67. The van der Waals surface area contributed by atoms with Gasteiger partial charge in [-0.25, -0.2) is 4.98 Å². The Hall–Kier alpha value is -3.74. The Kier molecular flexibility index (Phi) is 4.92. The Morgan fingerprint density at radius 2 is 1.70 bits per heavy atom. The van der Waals surface area contributed by atoms with E-state index >= 15 is 0 Å². The first-order valence-corrected chi connectivity index (χ1v) is 11.0. The maximum Gasteiger partial charge on any atom is 0.260 e. The summed E-state index contributed by atoms with van der Waals surface area (Å²) >= 11 is 0. The number of carbonyl (C=O) groups is 2. The van der Waals surface area contributed by atoms with Gasteiger partial charge in [-0.15, -0.1) is 0 Å². The van der Waals surface area contributed by atoms with Crippen LogP contribution in [-0.4, -0.2) is 40.9 Å². The van der Waals surface area contributed by atoms with E-state index < -0.39 is 0 Å². The van der Waals surface area contributed by atoms with Gasteiger partial charge in [-0.05, 0) is 61.2 Å². The van der Waals surface area contributed by atoms with Crippen molar-refractivity contribution >= 4 is 29.1 Å². The standard InChI is InChI=1S/C25H23N5O2.CH4/c1-15-24(31)28(2)20-9-10-21(27-23(20)29(15)17-7-8-17)30-22(16-11-13-26-14-12-16)18-5-3-4-6-19(18)25(30)32;/h3-6,9-15,17,22H,7-8H2,1-2H3;1H4. The summed E-state index contributed by atoms with van der Waals surface area (Å²) in [6.07, 6.45) is 5.60. The molecular weight excluding hydrogens is 414 g/mol. The number of benzene rings is 1. The first-order chi connectivity index (χ1) is 15.6. The zero-order chi connectivity index (χ0) is 22.0. The van der Waals surface area contributed by atoms with Crippen molar-refractivity contribution in [1.82, 2.24) is 9.97 Å². The molecule has 7 nitrogen and oxygen atoms in total. The fourth-order valence-electron chi connectivity index (χ4n) is 4.99. The Labute approximate surface area is 193 Å². The molecule has 2 aromatic heterocycles. The lowest BCUT2D eigenvalue weighted by molar-refractivity contribution is -0.119. The molecule has 168 valence electrons. The highest BCUT2D eigenvalue weighted by Crippen LogP contribution is 2.45. The van der Waals surface area contributed by atoms with Crippen LogP contribution in [0.1, 0.15) is 54.7 Å². The Balaban J connectivity index is 0.00000228. The summed E-state index contributed by atoms with van der Waals surface area (Å²) < 4.78 is 0. The molecule has 4 heterocycles. The number of amides is 2. The van der Waals surface area contributed by atoms with Gasteiger partial charge in [-0.2, -0.15) is 0 Å². The monoisotopic (exact) mass is 441 g/mol. The van der Waals surface area contributed by atoms with Crippen molar-refractivity contribution in [3.05, 3.63) is 77.6 Å². The van der Waals surface area contributed by atoms with Crippen LogP contribution in [0.15, 0.2) is 60.9 Å². The normalized spacial score (nSPS) is 21.6. The molecule has 1 fully saturated rings. The van der Waals surface area contributed by atoms with Crippen molar-refractivity contribution in [2.24, 2.45) is 0 Å². The fourth-order valence-corrected chi connectivity index (χ4v) is 4.99. The van der Waals surface area contributed by atoms with Crippen LogP contribution in [0.5, 0.6) is 0 Å². The van der Waals surface area contributed by atoms with Crippen LogP contribution < -0.4 is 14.7 Å². The summed E-state index contributed by atoms with van der Waals surface area (Å²) in [4.78, 5) is 41.1. The first kappa shape index (κ1) is 21.1. The summed E-state index contributed by atoms with van der Waals surface area (Å²) in [5.41, 5.74) is 3.42. The Morgan fingerprint density at radius 1 is 0.970 bits per heavy atom. The van der Waals surface area contributed by atoms with E-state index in [1.807, 2.05) is 55.5 Å². The zero-order valence-electron chi connectivity index (χ0n) is 18.0. The molecule has 0 spiro atoms. The van der Waals surface area contributed by atoms with E-state index in [4.69, 9.17) is 4.98 Å². The van der Waals surface area contributed by atoms with Crippen LogP contribution in [0.2, 0.25) is 0 Å². The number of aromatic nitrogens is 2. The maximum absolute atomic E-state index is 13.5. The second-order valence-corrected chi connectivity index (χ2v) is 8.67. The number of hydrogen-bond donors (Lipinski definition) is 0. The number of pyridine rings is 2. The predicted molar refractivity (Wildman–Crippen MR) is 129 cm³/mol. The number of likely N-dealkylation sites (N-methyl/N-ethyl adjacent to an activating group) is 1. The van der Waals surface area contributed by atoms with Gasteiger partial charge in [0.2, 0.25) is 5.91 Å². The van der Waals surface area contributed by atoms with Crippen LogP contribution in [-0.2, 0) is 4.79 Å². The number of hydrogen-bond acceptors (Lipinski definition) is 5. The molecule has 1 aliphatic carbocycles. The van der Waals surface area contributed by atoms with Gasteiger partial charge in [-0.1, -0.05) is 25.6 Å². The van der Waals surface area contributed by atoms with Gasteiger partial charge in [0.15, 0.2) is 5.82 Å². The molecule has 1 aromatic carbocycles. The third-order valence-corrected chi connectivity index (χ3v) is 6.72. The molecular formula is C26H27N5O2. The van der Waals surface area contributed by atoms with Gasteiger partial charge >= 0.3 is 0 Å². The summed E-state index contributed by atoms with van der Waals surface area (Å²) in [5.74, 6) is 1.36. The molecule has 3 aliphatic rings. The number of fused-ring (bicyclic) bond motifs is 2. The minimum atomic E-state index is -0.276. The second kappa shape index (κ2) is 7.69. The molecule has 0 radical (unpaired) electrons. The summed E-state index contributed by atoms with van der Waals surface area (Å²) in [6, 6.07) is 15.1. The Bertz CT molecular complexity index is 1240. The minimum Gasteiger partial charge on any atom is -0.340 e. The SMILES string of the molecule is C.CC1C(=O)N(C)c2ccc(N3C(=O)c4ccccc4C3c3ccncc3)nc2N1C1CC1. The molecule has 2 atom stereocenters. The number of anilines is 3. The van der Waals surface area contributed by atoms with Gasteiger partial charge in [0.1, 0.15) is 11.9 Å². The van der Waals surface area contributed by atoms with Crippen molar-refractivity contribution < 1.29 is 9.59 Å². The largest absolute Gasteiger partial charge is 0.340 e. The molecule has 0 N–H and O–H groups in total. The van der Waals surface area contributed by atoms with Gasteiger partial charge in [-0.3, -0.25) is 19.5 Å². The van der Waals surface area contributed by atoms with Gasteiger partial charge in [0, 0.05) is 31.0 Å². The molecule has 0 saturated heterocycles. The molecule has 33 heavy (non-hydrogen) atoms. The van der Waals surface area contributed by atoms with Crippen molar-refractivity contribution in [1.29, 1.82) is 0 Å². The van der Waals surface area contributed by atoms with Gasteiger partial charge in [0.25, 0.3) is 5.91 Å². The average molecular weight is 442 g/mol. The molecule has 1 saturated carbocycles. The van der Waals surface area contributed by atoms with Crippen molar-refractivity contribution in [2.45, 2.75) is 45.3 Å². The van der Waals surface area contributed by atoms with E-state index in [1.165, 1.54) is 0 Å². The highest BCUT2D eigenvalue weighted by molar-refractivity contribution is 6.12. The van der Waals surface area contributed by atoms with E-state index in [-0.39, 0.29) is 31.3 Å². The minimum absolute atomic E-state index is 0. The van der Waals surface area contributed by atoms with Crippen LogP contribution in [0, 0.1) is 0 Å². The molecule has 2 aliphatic heterocycles. The van der Waals surface area contributed by atoms with Crippen molar-refractivity contribution in [2.75, 3.05) is 21.7 Å². The third-order valence-electron chi connectivity index (χ3n) is 6.72. The van der Waals surface area contributed by atoms with Crippen LogP contribution in [0.3, 0.4) is 0 Å². The lowest BCUT2D eigenvalue weighted by Gasteiger charge is -2.40. The molecule has 6 rings (SSSR count). The summed E-state index contributed by atoms with van der Waals surface area (Å²) in [6.45, 7) is 1.94. The quantitative estimate of drug-likeness (QED) is 0.609. The van der Waals surface area contributed by atoms with Crippen LogP contribution >= 0.6 is 0 Å². The van der Waals surface area contributed by atoms with E-state index in [0.29, 0.717) is 17.4 Å². The van der Waals surface area contributed by atoms with Crippen molar-refractivity contribution in [3.8, 4) is 0 Å². The predicted octanol–water partition coefficient (Wildman–Crippen LogP) is 4.20. The van der Waals surface area contributed by atoms with Gasteiger partial charge in [0.05, 0.1) is 11.7 Å². The zero-order valence-corrected chi connectivity index (χ0v) is 18.0. The summed E-state index contributed by atoms with van der Waals surface area (Å²) in [5, 5.41) is 0. The molecule has 7 heteroatoms. The smallest absolute Gasteiger partial charge is 0.260 e. The third kappa shape index (κ3) is 3.10. The highest BCUT2D eigenvalue weighted by atomic mass is 16.2. The topological polar surface area (TPSA) is 69.6 Å². The van der Waals surface area contributed by atoms with E-state index in [9.17, 15) is 9.59 Å². The fraction of sp³-hybridized carbons (Fsp3) is 0.308. The van der Waals surface area contributed by atoms with Crippen LogP contribution in [0.25, 0.3) is 0 Å². The lowest BCUT2D eigenvalue weighted by atomic mass is 9.99. The highest BCUT2D eigenvalue weighted by Gasteiger charge is 2.44. The van der Waals surface area contributed by atoms with E-state index in [0.717, 1.165) is 35.5 Å². The average Bonchev–Trinajstić information content (AvgIpc) is 3.61. The van der Waals surface area contributed by atoms with E-state index in [2.05, 4.69) is 9.88 Å². The molecule has 0 bridgehead atoms.